The second kappa shape index (κ2) is 4.51. The quantitative estimate of drug-likeness (QED) is 0.653. The number of para-hydroxylation sites is 1. The average molecular weight is 199 g/mol. The van der Waals surface area contributed by atoms with Gasteiger partial charge >= 0.3 is 0 Å². The summed E-state index contributed by atoms with van der Waals surface area (Å²) < 4.78 is 13.6. The summed E-state index contributed by atoms with van der Waals surface area (Å²) in [5.74, 6) is -0.457. The molecule has 15 heavy (non-hydrogen) atoms. The molecular weight excluding hydrogens is 189 g/mol. The SMILES string of the molecule is FC(=Nc1ccccc1)c1ccccc1. The van der Waals surface area contributed by atoms with Gasteiger partial charge in [0.15, 0.2) is 0 Å². The summed E-state index contributed by atoms with van der Waals surface area (Å²) in [5, 5.41) is 0. The molecule has 0 atom stereocenters. The number of aliphatic imine (C=N–C) groups is 1. The highest BCUT2D eigenvalue weighted by atomic mass is 19.1. The van der Waals surface area contributed by atoms with E-state index in [1.54, 1.807) is 36.4 Å². The Labute approximate surface area is 87.9 Å². The molecule has 0 spiro atoms. The van der Waals surface area contributed by atoms with E-state index in [2.05, 4.69) is 4.99 Å². The van der Waals surface area contributed by atoms with Crippen molar-refractivity contribution in [3.8, 4) is 0 Å². The molecule has 0 aromatic heterocycles. The molecule has 0 radical (unpaired) electrons. The molecule has 0 heterocycles. The molecule has 2 aromatic rings. The number of benzene rings is 2. The Morgan fingerprint density at radius 1 is 0.800 bits per heavy atom. The molecular formula is C13H10FN. The van der Waals surface area contributed by atoms with Crippen LogP contribution in [0.2, 0.25) is 0 Å². The van der Waals surface area contributed by atoms with Crippen molar-refractivity contribution in [1.29, 1.82) is 0 Å². The monoisotopic (exact) mass is 199 g/mol. The zero-order valence-corrected chi connectivity index (χ0v) is 8.10. The molecule has 0 amide bonds. The minimum Gasteiger partial charge on any atom is -0.220 e. The van der Waals surface area contributed by atoms with Crippen molar-refractivity contribution in [1.82, 2.24) is 0 Å². The van der Waals surface area contributed by atoms with Crippen LogP contribution >= 0.6 is 0 Å². The molecule has 0 saturated carbocycles. The van der Waals surface area contributed by atoms with E-state index in [9.17, 15) is 4.39 Å². The zero-order valence-electron chi connectivity index (χ0n) is 8.10. The lowest BCUT2D eigenvalue weighted by molar-refractivity contribution is 0.807. The van der Waals surface area contributed by atoms with Gasteiger partial charge in [-0.05, 0) is 12.1 Å². The van der Waals surface area contributed by atoms with Crippen molar-refractivity contribution >= 4 is 11.7 Å². The van der Waals surface area contributed by atoms with Gasteiger partial charge in [-0.2, -0.15) is 4.39 Å². The van der Waals surface area contributed by atoms with Crippen molar-refractivity contribution in [2.24, 2.45) is 4.99 Å². The van der Waals surface area contributed by atoms with Gasteiger partial charge in [0, 0.05) is 5.56 Å². The highest BCUT2D eigenvalue weighted by molar-refractivity contribution is 5.94. The third-order valence-corrected chi connectivity index (χ3v) is 2.00. The minimum absolute atomic E-state index is 0.457. The molecule has 0 fully saturated rings. The zero-order chi connectivity index (χ0) is 10.5. The average Bonchev–Trinajstić information content (AvgIpc) is 2.31. The topological polar surface area (TPSA) is 12.4 Å². The first-order valence-corrected chi connectivity index (χ1v) is 4.71. The standard InChI is InChI=1S/C13H10FN/c14-13(11-7-3-1-4-8-11)15-12-9-5-2-6-10-12/h1-10H. The normalized spacial score (nSPS) is 11.4. The van der Waals surface area contributed by atoms with Crippen LogP contribution in [-0.2, 0) is 0 Å². The van der Waals surface area contributed by atoms with Gasteiger partial charge in [-0.25, -0.2) is 4.99 Å². The summed E-state index contributed by atoms with van der Waals surface area (Å²) in [5.41, 5.74) is 1.13. The molecule has 0 saturated heterocycles. The summed E-state index contributed by atoms with van der Waals surface area (Å²) in [4.78, 5) is 3.88. The number of hydrogen-bond acceptors (Lipinski definition) is 1. The molecule has 0 aliphatic heterocycles. The van der Waals surface area contributed by atoms with Gasteiger partial charge in [-0.15, -0.1) is 0 Å². The Hall–Kier alpha value is -1.96. The van der Waals surface area contributed by atoms with Crippen LogP contribution < -0.4 is 0 Å². The predicted octanol–water partition coefficient (Wildman–Crippen LogP) is 3.73. The predicted molar refractivity (Wildman–Crippen MR) is 60.2 cm³/mol. The van der Waals surface area contributed by atoms with Crippen molar-refractivity contribution in [2.75, 3.05) is 0 Å². The summed E-state index contributed by atoms with van der Waals surface area (Å²) in [6.07, 6.45) is 0. The van der Waals surface area contributed by atoms with Crippen LogP contribution in [-0.4, -0.2) is 5.97 Å². The van der Waals surface area contributed by atoms with Gasteiger partial charge < -0.3 is 0 Å². The molecule has 2 rings (SSSR count). The first-order chi connectivity index (χ1) is 7.36. The van der Waals surface area contributed by atoms with Gasteiger partial charge in [0.25, 0.3) is 0 Å². The van der Waals surface area contributed by atoms with Crippen LogP contribution in [0, 0.1) is 0 Å². The van der Waals surface area contributed by atoms with Crippen LogP contribution in [0.4, 0.5) is 10.1 Å². The van der Waals surface area contributed by atoms with Crippen molar-refractivity contribution < 1.29 is 4.39 Å². The van der Waals surface area contributed by atoms with Gasteiger partial charge in [-0.3, -0.25) is 0 Å². The molecule has 0 aliphatic carbocycles. The summed E-state index contributed by atoms with van der Waals surface area (Å²) in [7, 11) is 0. The Bertz CT molecular complexity index is 448. The van der Waals surface area contributed by atoms with Gasteiger partial charge in [-0.1, -0.05) is 48.5 Å². The van der Waals surface area contributed by atoms with Crippen molar-refractivity contribution in [3.05, 3.63) is 66.2 Å². The molecule has 0 aliphatic rings. The fourth-order valence-electron chi connectivity index (χ4n) is 1.26. The van der Waals surface area contributed by atoms with Crippen LogP contribution in [0.15, 0.2) is 65.7 Å². The van der Waals surface area contributed by atoms with Crippen LogP contribution in [0.5, 0.6) is 0 Å². The highest BCUT2D eigenvalue weighted by Crippen LogP contribution is 2.13. The fraction of sp³-hybridized carbons (Fsp3) is 0. The highest BCUT2D eigenvalue weighted by Gasteiger charge is 1.99. The van der Waals surface area contributed by atoms with Gasteiger partial charge in [0.1, 0.15) is 0 Å². The Kier molecular flexibility index (Phi) is 2.88. The molecule has 74 valence electrons. The Morgan fingerprint density at radius 3 is 1.93 bits per heavy atom. The van der Waals surface area contributed by atoms with Crippen LogP contribution in [0.3, 0.4) is 0 Å². The molecule has 0 bridgehead atoms. The smallest absolute Gasteiger partial charge is 0.220 e. The van der Waals surface area contributed by atoms with E-state index in [-0.39, 0.29) is 0 Å². The summed E-state index contributed by atoms with van der Waals surface area (Å²) >= 11 is 0. The fourth-order valence-corrected chi connectivity index (χ4v) is 1.26. The van der Waals surface area contributed by atoms with E-state index >= 15 is 0 Å². The minimum atomic E-state index is -0.457. The second-order valence-corrected chi connectivity index (χ2v) is 3.10. The summed E-state index contributed by atoms with van der Waals surface area (Å²) in [6.45, 7) is 0. The first kappa shape index (κ1) is 9.59. The lowest BCUT2D eigenvalue weighted by atomic mass is 10.2. The number of hydrogen-bond donors (Lipinski definition) is 0. The molecule has 2 heteroatoms. The molecule has 1 nitrogen and oxygen atoms in total. The molecule has 2 aromatic carbocycles. The van der Waals surface area contributed by atoms with E-state index in [1.807, 2.05) is 24.3 Å². The van der Waals surface area contributed by atoms with E-state index < -0.39 is 5.97 Å². The van der Waals surface area contributed by atoms with Crippen LogP contribution in [0.1, 0.15) is 5.56 Å². The Morgan fingerprint density at radius 2 is 1.33 bits per heavy atom. The lowest BCUT2D eigenvalue weighted by Gasteiger charge is -1.96. The van der Waals surface area contributed by atoms with Crippen LogP contribution in [0.25, 0.3) is 0 Å². The van der Waals surface area contributed by atoms with E-state index in [1.165, 1.54) is 0 Å². The molecule has 0 unspecified atom stereocenters. The van der Waals surface area contributed by atoms with Crippen molar-refractivity contribution in [2.45, 2.75) is 0 Å². The third-order valence-electron chi connectivity index (χ3n) is 2.00. The third kappa shape index (κ3) is 2.50. The second-order valence-electron chi connectivity index (χ2n) is 3.10. The van der Waals surface area contributed by atoms with Gasteiger partial charge in [0.05, 0.1) is 5.69 Å². The van der Waals surface area contributed by atoms with E-state index in [0.29, 0.717) is 11.3 Å². The lowest BCUT2D eigenvalue weighted by Crippen LogP contribution is -1.90. The maximum Gasteiger partial charge on any atom is 0.220 e. The Balaban J connectivity index is 2.29. The maximum atomic E-state index is 13.6. The van der Waals surface area contributed by atoms with Crippen molar-refractivity contribution in [3.63, 3.8) is 0 Å². The van der Waals surface area contributed by atoms with E-state index in [4.69, 9.17) is 0 Å². The summed E-state index contributed by atoms with van der Waals surface area (Å²) in [6, 6.07) is 17.9. The first-order valence-electron chi connectivity index (χ1n) is 4.71. The van der Waals surface area contributed by atoms with Gasteiger partial charge in [0.2, 0.25) is 5.97 Å². The van der Waals surface area contributed by atoms with E-state index in [0.717, 1.165) is 0 Å². The number of halogens is 1. The number of nitrogens with zero attached hydrogens (tertiary/aromatic N) is 1. The number of rotatable bonds is 2. The maximum absolute atomic E-state index is 13.6. The largest absolute Gasteiger partial charge is 0.220 e. The molecule has 0 N–H and O–H groups in total.